The molecule has 1 aromatic carbocycles. The van der Waals surface area contributed by atoms with E-state index in [0.29, 0.717) is 0 Å². The van der Waals surface area contributed by atoms with Crippen LogP contribution in [-0.4, -0.2) is 39.0 Å². The average molecular weight is 562 g/mol. The molecule has 0 aromatic heterocycles. The van der Waals surface area contributed by atoms with Gasteiger partial charge in [-0.2, -0.15) is 0 Å². The Balaban J connectivity index is 2.96. The average Bonchev–Trinajstić information content (AvgIpc) is 2.94. The number of benzene rings is 1. The number of carbonyl (C=O) groups is 1. The summed E-state index contributed by atoms with van der Waals surface area (Å²) in [6.45, 7) is 8.69. The molecule has 0 atom stereocenters. The zero-order valence-corrected chi connectivity index (χ0v) is 25.9. The van der Waals surface area contributed by atoms with E-state index in [1.54, 1.807) is 24.3 Å². The highest BCUT2D eigenvalue weighted by Gasteiger charge is 2.27. The van der Waals surface area contributed by atoms with Gasteiger partial charge in [0, 0.05) is 13.1 Å². The Morgan fingerprint density at radius 1 is 0.718 bits per heavy atom. The van der Waals surface area contributed by atoms with Crippen molar-refractivity contribution < 1.29 is 17.9 Å². The molecular formula is C33H55NO4S. The van der Waals surface area contributed by atoms with E-state index in [2.05, 4.69) is 25.7 Å². The van der Waals surface area contributed by atoms with Crippen LogP contribution in [0.5, 0.6) is 0 Å². The molecule has 0 unspecified atom stereocenters. The number of esters is 1. The molecule has 222 valence electrons. The quantitative estimate of drug-likeness (QED) is 0.0545. The van der Waals surface area contributed by atoms with E-state index in [-0.39, 0.29) is 16.4 Å². The van der Waals surface area contributed by atoms with Gasteiger partial charge in [-0.05, 0) is 49.7 Å². The number of ether oxygens (including phenoxy) is 1. The summed E-state index contributed by atoms with van der Waals surface area (Å²) >= 11 is 0. The number of hydrogen-bond donors (Lipinski definition) is 0. The standard InChI is InChI=1S/C33H55NO4S/c1-4-7-10-13-15-20-27-34(28-21-16-14-11-8-5-2)29-23-26-32(33(35)38-30-22-12-9-6-3)39(36,37)31-24-18-17-19-25-31/h17-19,23-26,29H,4-16,20-22,27-28,30H2,1-3H3/b29-23+,32-26+. The smallest absolute Gasteiger partial charge is 0.350 e. The van der Waals surface area contributed by atoms with Crippen molar-refractivity contribution >= 4 is 15.8 Å². The zero-order valence-electron chi connectivity index (χ0n) is 25.0. The lowest BCUT2D eigenvalue weighted by molar-refractivity contribution is -0.138. The molecule has 0 saturated carbocycles. The van der Waals surface area contributed by atoms with Crippen LogP contribution in [0.3, 0.4) is 0 Å². The molecule has 0 N–H and O–H groups in total. The lowest BCUT2D eigenvalue weighted by Gasteiger charge is -2.20. The van der Waals surface area contributed by atoms with Gasteiger partial charge in [0.25, 0.3) is 0 Å². The molecule has 1 rings (SSSR count). The second kappa shape index (κ2) is 22.7. The maximum Gasteiger partial charge on any atom is 0.350 e. The number of sulfone groups is 1. The largest absolute Gasteiger partial charge is 0.462 e. The van der Waals surface area contributed by atoms with Crippen LogP contribution in [-0.2, 0) is 19.4 Å². The Bertz CT molecular complexity index is 893. The minimum absolute atomic E-state index is 0.101. The maximum atomic E-state index is 13.4. The maximum absolute atomic E-state index is 13.4. The Kier molecular flexibility index (Phi) is 20.3. The van der Waals surface area contributed by atoms with Gasteiger partial charge in [0.2, 0.25) is 9.84 Å². The lowest BCUT2D eigenvalue weighted by atomic mass is 10.1. The second-order valence-corrected chi connectivity index (χ2v) is 12.4. The van der Waals surface area contributed by atoms with Gasteiger partial charge in [-0.1, -0.05) is 122 Å². The summed E-state index contributed by atoms with van der Waals surface area (Å²) in [6, 6.07) is 8.13. The predicted octanol–water partition coefficient (Wildman–Crippen LogP) is 9.00. The monoisotopic (exact) mass is 561 g/mol. The molecule has 0 heterocycles. The fourth-order valence-electron chi connectivity index (χ4n) is 4.46. The van der Waals surface area contributed by atoms with E-state index in [4.69, 9.17) is 4.74 Å². The number of nitrogens with zero attached hydrogens (tertiary/aromatic N) is 1. The van der Waals surface area contributed by atoms with Crippen molar-refractivity contribution in [2.75, 3.05) is 19.7 Å². The number of hydrogen-bond acceptors (Lipinski definition) is 5. The van der Waals surface area contributed by atoms with Gasteiger partial charge >= 0.3 is 5.97 Å². The van der Waals surface area contributed by atoms with E-state index in [1.807, 2.05) is 6.20 Å². The first-order valence-corrected chi connectivity index (χ1v) is 17.0. The highest BCUT2D eigenvalue weighted by molar-refractivity contribution is 7.96. The van der Waals surface area contributed by atoms with Crippen molar-refractivity contribution in [3.05, 3.63) is 53.6 Å². The molecule has 0 aliphatic carbocycles. The summed E-state index contributed by atoms with van der Waals surface area (Å²) in [6.07, 6.45) is 23.7. The second-order valence-electron chi connectivity index (χ2n) is 10.5. The molecule has 0 radical (unpaired) electrons. The minimum Gasteiger partial charge on any atom is -0.462 e. The molecule has 0 spiro atoms. The number of unbranched alkanes of at least 4 members (excludes halogenated alkanes) is 13. The summed E-state index contributed by atoms with van der Waals surface area (Å²) in [5.74, 6) is -0.779. The Labute approximate surface area is 240 Å². The summed E-state index contributed by atoms with van der Waals surface area (Å²) in [4.78, 5) is 15.0. The third-order valence-corrected chi connectivity index (χ3v) is 8.69. The molecule has 0 amide bonds. The van der Waals surface area contributed by atoms with Crippen LogP contribution in [0.25, 0.3) is 0 Å². The first kappa shape index (κ1) is 34.9. The number of carbonyl (C=O) groups excluding carboxylic acids is 1. The van der Waals surface area contributed by atoms with Crippen molar-refractivity contribution in [2.24, 2.45) is 0 Å². The fourth-order valence-corrected chi connectivity index (χ4v) is 5.77. The van der Waals surface area contributed by atoms with Crippen molar-refractivity contribution in [3.8, 4) is 0 Å². The topological polar surface area (TPSA) is 63.7 Å². The summed E-state index contributed by atoms with van der Waals surface area (Å²) in [7, 11) is -3.99. The van der Waals surface area contributed by atoms with E-state index >= 15 is 0 Å². The third-order valence-electron chi connectivity index (χ3n) is 6.92. The minimum atomic E-state index is -3.99. The van der Waals surface area contributed by atoms with Crippen molar-refractivity contribution in [2.45, 2.75) is 128 Å². The van der Waals surface area contributed by atoms with Gasteiger partial charge in [-0.15, -0.1) is 0 Å². The predicted molar refractivity (Wildman–Crippen MR) is 164 cm³/mol. The van der Waals surface area contributed by atoms with Gasteiger partial charge in [-0.25, -0.2) is 13.2 Å². The first-order valence-electron chi connectivity index (χ1n) is 15.6. The molecule has 0 fully saturated rings. The molecule has 1 aromatic rings. The number of rotatable bonds is 24. The highest BCUT2D eigenvalue weighted by Crippen LogP contribution is 2.21. The van der Waals surface area contributed by atoms with Crippen LogP contribution in [0.15, 0.2) is 58.5 Å². The SMILES string of the molecule is CCCCCCCCN(/C=C/C=C(\C(=O)OCCCCCC)S(=O)(=O)c1ccccc1)CCCCCCCC. The lowest BCUT2D eigenvalue weighted by Crippen LogP contribution is -2.20. The van der Waals surface area contributed by atoms with Crippen LogP contribution in [0.4, 0.5) is 0 Å². The summed E-state index contributed by atoms with van der Waals surface area (Å²) < 4.78 is 32.1. The van der Waals surface area contributed by atoms with Crippen LogP contribution in [0.1, 0.15) is 124 Å². The molecule has 6 heteroatoms. The Hall–Kier alpha value is -2.08. The van der Waals surface area contributed by atoms with Crippen LogP contribution < -0.4 is 0 Å². The van der Waals surface area contributed by atoms with Gasteiger partial charge in [0.05, 0.1) is 11.5 Å². The van der Waals surface area contributed by atoms with Gasteiger partial charge in [0.1, 0.15) is 0 Å². The zero-order chi connectivity index (χ0) is 28.6. The van der Waals surface area contributed by atoms with Crippen LogP contribution >= 0.6 is 0 Å². The van der Waals surface area contributed by atoms with Crippen LogP contribution in [0.2, 0.25) is 0 Å². The molecule has 0 saturated heterocycles. The molecule has 5 nitrogen and oxygen atoms in total. The van der Waals surface area contributed by atoms with E-state index in [9.17, 15) is 13.2 Å². The fraction of sp³-hybridized carbons (Fsp3) is 0.667. The molecular weight excluding hydrogens is 506 g/mol. The Morgan fingerprint density at radius 3 is 1.74 bits per heavy atom. The van der Waals surface area contributed by atoms with Crippen molar-refractivity contribution in [1.29, 1.82) is 0 Å². The van der Waals surface area contributed by atoms with Gasteiger partial charge in [0.15, 0.2) is 4.91 Å². The summed E-state index contributed by atoms with van der Waals surface area (Å²) in [5, 5.41) is 0. The van der Waals surface area contributed by atoms with Crippen molar-refractivity contribution in [3.63, 3.8) is 0 Å². The molecule has 0 aliphatic rings. The molecule has 39 heavy (non-hydrogen) atoms. The highest BCUT2D eigenvalue weighted by atomic mass is 32.2. The molecule has 0 aliphatic heterocycles. The van der Waals surface area contributed by atoms with Crippen LogP contribution in [0, 0.1) is 0 Å². The van der Waals surface area contributed by atoms with E-state index in [0.717, 1.165) is 51.6 Å². The van der Waals surface area contributed by atoms with E-state index in [1.165, 1.54) is 82.4 Å². The third kappa shape index (κ3) is 15.9. The molecule has 0 bridgehead atoms. The summed E-state index contributed by atoms with van der Waals surface area (Å²) in [5.41, 5.74) is 0. The normalized spacial score (nSPS) is 12.2. The first-order chi connectivity index (χ1) is 19.0. The number of allylic oxidation sites excluding steroid dienone is 2. The van der Waals surface area contributed by atoms with Gasteiger partial charge < -0.3 is 9.64 Å². The van der Waals surface area contributed by atoms with E-state index < -0.39 is 15.8 Å². The Morgan fingerprint density at radius 2 is 1.21 bits per heavy atom. The van der Waals surface area contributed by atoms with Crippen molar-refractivity contribution in [1.82, 2.24) is 4.90 Å². The van der Waals surface area contributed by atoms with Gasteiger partial charge in [-0.3, -0.25) is 0 Å².